The van der Waals surface area contributed by atoms with Crippen LogP contribution in [-0.2, 0) is 17.8 Å². The summed E-state index contributed by atoms with van der Waals surface area (Å²) in [5, 5.41) is 4.14. The average Bonchev–Trinajstić information content (AvgIpc) is 3.23. The van der Waals surface area contributed by atoms with E-state index < -0.39 is 0 Å². The highest BCUT2D eigenvalue weighted by molar-refractivity contribution is 5.79. The summed E-state index contributed by atoms with van der Waals surface area (Å²) in [6.07, 6.45) is 0.224. The summed E-state index contributed by atoms with van der Waals surface area (Å²) in [6, 6.07) is 5.69. The van der Waals surface area contributed by atoms with Gasteiger partial charge in [-0.05, 0) is 31.5 Å². The second-order valence-electron chi connectivity index (χ2n) is 6.56. The number of nitrogens with two attached hydrogens (primary N) is 1. The van der Waals surface area contributed by atoms with Crippen molar-refractivity contribution in [2.24, 2.45) is 0 Å². The van der Waals surface area contributed by atoms with Gasteiger partial charge in [0.15, 0.2) is 11.5 Å². The van der Waals surface area contributed by atoms with Gasteiger partial charge >= 0.3 is 0 Å². The molecule has 0 saturated heterocycles. The molecule has 1 aliphatic heterocycles. The topological polar surface area (TPSA) is 108 Å². The smallest absolute Gasteiger partial charge is 0.254 e. The molecule has 0 bridgehead atoms. The first-order chi connectivity index (χ1) is 12.9. The molecule has 0 radical (unpaired) electrons. The molecular formula is C18H20N6O3. The van der Waals surface area contributed by atoms with Crippen molar-refractivity contribution in [3.63, 3.8) is 0 Å². The number of ether oxygens (including phenoxy) is 2. The summed E-state index contributed by atoms with van der Waals surface area (Å²) < 4.78 is 12.3. The Morgan fingerprint density at radius 2 is 2.04 bits per heavy atom. The second-order valence-corrected chi connectivity index (χ2v) is 6.56. The second kappa shape index (κ2) is 6.42. The summed E-state index contributed by atoms with van der Waals surface area (Å²) in [5.41, 5.74) is 9.02. The maximum atomic E-state index is 12.8. The number of aromatic nitrogens is 4. The number of nitrogens with zero attached hydrogens (tertiary/aromatic N) is 5. The first-order valence-electron chi connectivity index (χ1n) is 8.53. The Balaban J connectivity index is 1.52. The Morgan fingerprint density at radius 3 is 2.85 bits per heavy atom. The number of rotatable bonds is 4. The molecule has 1 amide bonds. The van der Waals surface area contributed by atoms with Gasteiger partial charge in [0, 0.05) is 30.5 Å². The van der Waals surface area contributed by atoms with E-state index >= 15 is 0 Å². The zero-order valence-corrected chi connectivity index (χ0v) is 15.4. The number of fused-ring (bicyclic) bond motifs is 2. The predicted molar refractivity (Wildman–Crippen MR) is 97.4 cm³/mol. The number of amides is 1. The number of likely N-dealkylation sites (N-methyl/N-ethyl adjacent to an activating group) is 1. The molecule has 1 aromatic carbocycles. The molecule has 3 aromatic rings. The van der Waals surface area contributed by atoms with Crippen molar-refractivity contribution >= 4 is 17.6 Å². The van der Waals surface area contributed by atoms with Gasteiger partial charge in [0.1, 0.15) is 0 Å². The Hall–Kier alpha value is -3.36. The summed E-state index contributed by atoms with van der Waals surface area (Å²) in [7, 11) is 1.77. The van der Waals surface area contributed by atoms with E-state index in [-0.39, 0.29) is 25.1 Å². The number of nitrogen functional groups attached to an aromatic ring is 1. The molecule has 0 unspecified atom stereocenters. The number of carbonyl (C=O) groups is 1. The predicted octanol–water partition coefficient (Wildman–Crippen LogP) is 1.25. The third kappa shape index (κ3) is 3.12. The number of carbonyl (C=O) groups excluding carboxylic acids is 1. The number of hydrogen-bond acceptors (Lipinski definition) is 7. The summed E-state index contributed by atoms with van der Waals surface area (Å²) in [5.74, 6) is 2.01. The number of hydrogen-bond donors (Lipinski definition) is 1. The molecule has 0 atom stereocenters. The lowest BCUT2D eigenvalue weighted by Gasteiger charge is -2.19. The van der Waals surface area contributed by atoms with E-state index in [0.29, 0.717) is 18.1 Å². The lowest BCUT2D eigenvalue weighted by atomic mass is 10.1. The van der Waals surface area contributed by atoms with Gasteiger partial charge in [0.2, 0.25) is 18.6 Å². The fraction of sp³-hybridized carbons (Fsp3) is 0.333. The van der Waals surface area contributed by atoms with Crippen molar-refractivity contribution in [3.8, 4) is 11.5 Å². The Morgan fingerprint density at radius 1 is 1.26 bits per heavy atom. The van der Waals surface area contributed by atoms with Gasteiger partial charge < -0.3 is 20.1 Å². The van der Waals surface area contributed by atoms with Gasteiger partial charge in [-0.2, -0.15) is 9.50 Å². The molecule has 9 nitrogen and oxygen atoms in total. The zero-order valence-electron chi connectivity index (χ0n) is 15.4. The van der Waals surface area contributed by atoms with Crippen molar-refractivity contribution in [1.29, 1.82) is 0 Å². The SMILES string of the molecule is Cc1nc2nc(N)nn2c(C)c1CC(=O)N(C)Cc1ccc2c(c1)OCO2. The van der Waals surface area contributed by atoms with Crippen molar-refractivity contribution in [2.45, 2.75) is 26.8 Å². The minimum atomic E-state index is -0.0203. The van der Waals surface area contributed by atoms with Gasteiger partial charge in [-0.1, -0.05) is 6.07 Å². The summed E-state index contributed by atoms with van der Waals surface area (Å²) in [6.45, 7) is 4.45. The van der Waals surface area contributed by atoms with Crippen LogP contribution >= 0.6 is 0 Å². The van der Waals surface area contributed by atoms with Crippen molar-refractivity contribution in [2.75, 3.05) is 19.6 Å². The maximum absolute atomic E-state index is 12.8. The molecule has 9 heteroatoms. The quantitative estimate of drug-likeness (QED) is 0.738. The first-order valence-corrected chi connectivity index (χ1v) is 8.53. The van der Waals surface area contributed by atoms with Crippen LogP contribution in [-0.4, -0.2) is 44.2 Å². The standard InChI is InChI=1S/C18H20N6O3/c1-10-13(11(2)24-18(20-10)21-17(19)22-24)7-16(25)23(3)8-12-4-5-14-15(6-12)27-9-26-14/h4-6H,7-9H2,1-3H3,(H2,19,22). The molecule has 0 saturated carbocycles. The normalized spacial score (nSPS) is 12.6. The van der Waals surface area contributed by atoms with Gasteiger partial charge in [0.25, 0.3) is 5.78 Å². The fourth-order valence-corrected chi connectivity index (χ4v) is 3.17. The van der Waals surface area contributed by atoms with Gasteiger partial charge in [0.05, 0.1) is 6.42 Å². The molecule has 2 N–H and O–H groups in total. The first kappa shape index (κ1) is 17.1. The highest BCUT2D eigenvalue weighted by atomic mass is 16.7. The Labute approximate surface area is 155 Å². The van der Waals surface area contributed by atoms with E-state index in [1.165, 1.54) is 0 Å². The van der Waals surface area contributed by atoms with E-state index in [1.54, 1.807) is 16.5 Å². The van der Waals surface area contributed by atoms with Gasteiger partial charge in [-0.3, -0.25) is 4.79 Å². The minimum Gasteiger partial charge on any atom is -0.454 e. The number of aryl methyl sites for hydroxylation is 2. The molecule has 3 heterocycles. The highest BCUT2D eigenvalue weighted by Crippen LogP contribution is 2.32. The van der Waals surface area contributed by atoms with Crippen LogP contribution in [0.2, 0.25) is 0 Å². The molecule has 1 aliphatic rings. The Kier molecular flexibility index (Phi) is 4.06. The van der Waals surface area contributed by atoms with Crippen LogP contribution in [0.3, 0.4) is 0 Å². The van der Waals surface area contributed by atoms with Crippen molar-refractivity contribution in [1.82, 2.24) is 24.5 Å². The molecule has 2 aromatic heterocycles. The zero-order chi connectivity index (χ0) is 19.1. The van der Waals surface area contributed by atoms with Crippen LogP contribution < -0.4 is 15.2 Å². The van der Waals surface area contributed by atoms with Gasteiger partial charge in [-0.15, -0.1) is 5.10 Å². The van der Waals surface area contributed by atoms with E-state index in [1.807, 2.05) is 32.0 Å². The van der Waals surface area contributed by atoms with Crippen LogP contribution in [0, 0.1) is 13.8 Å². The molecule has 0 aliphatic carbocycles. The van der Waals surface area contributed by atoms with Crippen LogP contribution in [0.25, 0.3) is 5.78 Å². The molecule has 4 rings (SSSR count). The summed E-state index contributed by atoms with van der Waals surface area (Å²) >= 11 is 0. The third-order valence-electron chi connectivity index (χ3n) is 4.68. The van der Waals surface area contributed by atoms with Crippen LogP contribution in [0.4, 0.5) is 5.95 Å². The lowest BCUT2D eigenvalue weighted by Crippen LogP contribution is -2.28. The van der Waals surface area contributed by atoms with Crippen LogP contribution in [0.1, 0.15) is 22.5 Å². The van der Waals surface area contributed by atoms with E-state index in [0.717, 1.165) is 28.3 Å². The molecule has 0 spiro atoms. The van der Waals surface area contributed by atoms with Crippen LogP contribution in [0.15, 0.2) is 18.2 Å². The molecular weight excluding hydrogens is 348 g/mol. The average molecular weight is 368 g/mol. The van der Waals surface area contributed by atoms with E-state index in [4.69, 9.17) is 15.2 Å². The van der Waals surface area contributed by atoms with Crippen molar-refractivity contribution in [3.05, 3.63) is 40.7 Å². The van der Waals surface area contributed by atoms with E-state index in [2.05, 4.69) is 15.1 Å². The van der Waals surface area contributed by atoms with Crippen molar-refractivity contribution < 1.29 is 14.3 Å². The molecule has 0 fully saturated rings. The minimum absolute atomic E-state index is 0.0203. The summed E-state index contributed by atoms with van der Waals surface area (Å²) in [4.78, 5) is 22.9. The molecule has 27 heavy (non-hydrogen) atoms. The number of anilines is 1. The van der Waals surface area contributed by atoms with Gasteiger partial charge in [-0.25, -0.2) is 4.98 Å². The van der Waals surface area contributed by atoms with Crippen LogP contribution in [0.5, 0.6) is 11.5 Å². The Bertz CT molecular complexity index is 1050. The fourth-order valence-electron chi connectivity index (χ4n) is 3.17. The van der Waals surface area contributed by atoms with E-state index in [9.17, 15) is 4.79 Å². The lowest BCUT2D eigenvalue weighted by molar-refractivity contribution is -0.129. The monoisotopic (exact) mass is 368 g/mol. The highest BCUT2D eigenvalue weighted by Gasteiger charge is 2.19. The number of benzene rings is 1. The largest absolute Gasteiger partial charge is 0.454 e. The third-order valence-corrected chi connectivity index (χ3v) is 4.68. The molecule has 140 valence electrons. The maximum Gasteiger partial charge on any atom is 0.254 e.